The first kappa shape index (κ1) is 14.6. The molecule has 1 aliphatic rings. The van der Waals surface area contributed by atoms with Crippen LogP contribution in [0.25, 0.3) is 0 Å². The maximum Gasteiger partial charge on any atom is 0.305 e. The van der Waals surface area contributed by atoms with E-state index in [4.69, 9.17) is 5.11 Å². The van der Waals surface area contributed by atoms with E-state index in [0.29, 0.717) is 12.1 Å². The number of likely N-dealkylation sites (tertiary alicyclic amines) is 1. The summed E-state index contributed by atoms with van der Waals surface area (Å²) < 4.78 is 0. The van der Waals surface area contributed by atoms with Crippen LogP contribution in [0.15, 0.2) is 18.2 Å². The molecule has 1 atom stereocenters. The average Bonchev–Trinajstić information content (AvgIpc) is 2.36. The highest BCUT2D eigenvalue weighted by Gasteiger charge is 2.29. The topological polar surface area (TPSA) is 57.6 Å². The minimum absolute atomic E-state index is 0.0382. The second-order valence-electron chi connectivity index (χ2n) is 5.62. The molecule has 1 aromatic carbocycles. The smallest absolute Gasteiger partial charge is 0.305 e. The Labute approximate surface area is 119 Å². The minimum atomic E-state index is -0.838. The molecule has 4 heteroatoms. The van der Waals surface area contributed by atoms with Crippen LogP contribution in [-0.2, 0) is 4.79 Å². The molecule has 1 heterocycles. The summed E-state index contributed by atoms with van der Waals surface area (Å²) in [6, 6.07) is 5.61. The lowest BCUT2D eigenvalue weighted by atomic mass is 9.97. The molecule has 108 valence electrons. The predicted octanol–water partition coefficient (Wildman–Crippen LogP) is 2.77. The zero-order valence-corrected chi connectivity index (χ0v) is 12.1. The van der Waals surface area contributed by atoms with Crippen molar-refractivity contribution in [2.75, 3.05) is 6.54 Å². The van der Waals surface area contributed by atoms with Gasteiger partial charge in [0.25, 0.3) is 5.91 Å². The van der Waals surface area contributed by atoms with Gasteiger partial charge in [0, 0.05) is 18.2 Å². The molecule has 1 saturated heterocycles. The number of nitrogens with zero attached hydrogens (tertiary/aromatic N) is 1. The number of piperidine rings is 1. The number of hydrogen-bond acceptors (Lipinski definition) is 2. The molecule has 4 nitrogen and oxygen atoms in total. The maximum atomic E-state index is 12.6. The van der Waals surface area contributed by atoms with Gasteiger partial charge in [-0.1, -0.05) is 17.2 Å². The van der Waals surface area contributed by atoms with Crippen molar-refractivity contribution in [2.45, 2.75) is 45.6 Å². The van der Waals surface area contributed by atoms with Crippen molar-refractivity contribution in [1.29, 1.82) is 0 Å². The Hall–Kier alpha value is -1.84. The number of rotatable bonds is 3. The monoisotopic (exact) mass is 275 g/mol. The Morgan fingerprint density at radius 2 is 1.85 bits per heavy atom. The summed E-state index contributed by atoms with van der Waals surface area (Å²) in [4.78, 5) is 25.3. The predicted molar refractivity (Wildman–Crippen MR) is 76.8 cm³/mol. The van der Waals surface area contributed by atoms with Gasteiger partial charge >= 0.3 is 5.97 Å². The molecule has 0 bridgehead atoms. The lowest BCUT2D eigenvalue weighted by Crippen LogP contribution is -2.44. The van der Waals surface area contributed by atoms with Gasteiger partial charge in [-0.2, -0.15) is 0 Å². The van der Waals surface area contributed by atoms with Crippen LogP contribution in [0, 0.1) is 13.8 Å². The highest BCUT2D eigenvalue weighted by Crippen LogP contribution is 2.23. The van der Waals surface area contributed by atoms with E-state index in [1.165, 1.54) is 0 Å². The number of benzene rings is 1. The van der Waals surface area contributed by atoms with Gasteiger partial charge in [0.2, 0.25) is 0 Å². The molecule has 1 aliphatic heterocycles. The second kappa shape index (κ2) is 6.07. The Balaban J connectivity index is 2.22. The van der Waals surface area contributed by atoms with Gasteiger partial charge in [0.1, 0.15) is 0 Å². The number of carboxylic acids is 1. The van der Waals surface area contributed by atoms with Crippen LogP contribution in [0.4, 0.5) is 0 Å². The van der Waals surface area contributed by atoms with E-state index < -0.39 is 5.97 Å². The molecule has 0 spiro atoms. The zero-order chi connectivity index (χ0) is 14.7. The van der Waals surface area contributed by atoms with Gasteiger partial charge in [0.05, 0.1) is 6.42 Å². The number of amides is 1. The van der Waals surface area contributed by atoms with E-state index >= 15 is 0 Å². The highest BCUT2D eigenvalue weighted by molar-refractivity contribution is 5.95. The third-order valence-electron chi connectivity index (χ3n) is 3.77. The summed E-state index contributed by atoms with van der Waals surface area (Å²) in [5.41, 5.74) is 2.78. The average molecular weight is 275 g/mol. The van der Waals surface area contributed by atoms with Crippen LogP contribution in [0.3, 0.4) is 0 Å². The molecule has 0 aliphatic carbocycles. The van der Waals surface area contributed by atoms with E-state index in [0.717, 1.165) is 30.4 Å². The molecule has 2 rings (SSSR count). The van der Waals surface area contributed by atoms with Gasteiger partial charge in [-0.05, 0) is 45.2 Å². The van der Waals surface area contributed by atoms with E-state index in [2.05, 4.69) is 0 Å². The molecule has 20 heavy (non-hydrogen) atoms. The number of aryl methyl sites for hydroxylation is 2. The number of carboxylic acid groups (broad SMARTS) is 1. The van der Waals surface area contributed by atoms with Gasteiger partial charge in [0.15, 0.2) is 0 Å². The lowest BCUT2D eigenvalue weighted by Gasteiger charge is -2.35. The number of hydrogen-bond donors (Lipinski definition) is 1. The van der Waals surface area contributed by atoms with Gasteiger partial charge in [-0.3, -0.25) is 9.59 Å². The Bertz CT molecular complexity index is 504. The Morgan fingerprint density at radius 3 is 2.45 bits per heavy atom. The summed E-state index contributed by atoms with van der Waals surface area (Å²) in [7, 11) is 0. The normalized spacial score (nSPS) is 18.9. The summed E-state index contributed by atoms with van der Waals surface area (Å²) in [6.07, 6.45) is 2.76. The van der Waals surface area contributed by atoms with Crippen molar-refractivity contribution in [3.8, 4) is 0 Å². The van der Waals surface area contributed by atoms with E-state index in [-0.39, 0.29) is 18.4 Å². The van der Waals surface area contributed by atoms with Gasteiger partial charge in [-0.25, -0.2) is 0 Å². The van der Waals surface area contributed by atoms with Crippen molar-refractivity contribution in [1.82, 2.24) is 4.90 Å². The first-order valence-electron chi connectivity index (χ1n) is 7.08. The van der Waals surface area contributed by atoms with Crippen LogP contribution in [-0.4, -0.2) is 34.5 Å². The van der Waals surface area contributed by atoms with Gasteiger partial charge < -0.3 is 10.0 Å². The molecule has 1 unspecified atom stereocenters. The molecule has 1 aromatic rings. The second-order valence-corrected chi connectivity index (χ2v) is 5.62. The highest BCUT2D eigenvalue weighted by atomic mass is 16.4. The van der Waals surface area contributed by atoms with Crippen molar-refractivity contribution in [3.05, 3.63) is 34.9 Å². The van der Waals surface area contributed by atoms with E-state index in [9.17, 15) is 9.59 Å². The third-order valence-corrected chi connectivity index (χ3v) is 3.77. The number of carbonyl (C=O) groups excluding carboxylic acids is 1. The molecule has 1 fully saturated rings. The van der Waals surface area contributed by atoms with Crippen LogP contribution < -0.4 is 0 Å². The molecule has 0 aromatic heterocycles. The van der Waals surface area contributed by atoms with Crippen LogP contribution >= 0.6 is 0 Å². The SMILES string of the molecule is Cc1cc(C)cc(C(=O)N2CCCCC2CC(=O)O)c1. The first-order chi connectivity index (χ1) is 9.47. The quantitative estimate of drug-likeness (QED) is 0.922. The van der Waals surface area contributed by atoms with Crippen molar-refractivity contribution in [3.63, 3.8) is 0 Å². The summed E-state index contributed by atoms with van der Waals surface area (Å²) in [5.74, 6) is -0.877. The standard InChI is InChI=1S/C16H21NO3/c1-11-7-12(2)9-13(8-11)16(20)17-6-4-3-5-14(17)10-15(18)19/h7-9,14H,3-6,10H2,1-2H3,(H,18,19). The Kier molecular flexibility index (Phi) is 4.42. The minimum Gasteiger partial charge on any atom is -0.481 e. The molecule has 1 amide bonds. The molecule has 0 radical (unpaired) electrons. The summed E-state index contributed by atoms with van der Waals surface area (Å²) >= 11 is 0. The van der Waals surface area contributed by atoms with E-state index in [1.54, 1.807) is 4.90 Å². The third kappa shape index (κ3) is 3.38. The van der Waals surface area contributed by atoms with E-state index in [1.807, 2.05) is 32.0 Å². The fraction of sp³-hybridized carbons (Fsp3) is 0.500. The molecular weight excluding hydrogens is 254 g/mol. The lowest BCUT2D eigenvalue weighted by molar-refractivity contribution is -0.138. The van der Waals surface area contributed by atoms with Crippen LogP contribution in [0.2, 0.25) is 0 Å². The zero-order valence-electron chi connectivity index (χ0n) is 12.1. The Morgan fingerprint density at radius 1 is 1.20 bits per heavy atom. The summed E-state index contributed by atoms with van der Waals surface area (Å²) in [5, 5.41) is 8.99. The van der Waals surface area contributed by atoms with Crippen molar-refractivity contribution < 1.29 is 14.7 Å². The first-order valence-corrected chi connectivity index (χ1v) is 7.08. The van der Waals surface area contributed by atoms with Crippen molar-refractivity contribution >= 4 is 11.9 Å². The molecule has 0 saturated carbocycles. The number of carbonyl (C=O) groups is 2. The van der Waals surface area contributed by atoms with Gasteiger partial charge in [-0.15, -0.1) is 0 Å². The summed E-state index contributed by atoms with van der Waals surface area (Å²) in [6.45, 7) is 4.59. The molecular formula is C16H21NO3. The largest absolute Gasteiger partial charge is 0.481 e. The fourth-order valence-electron chi connectivity index (χ4n) is 2.95. The van der Waals surface area contributed by atoms with Crippen LogP contribution in [0.5, 0.6) is 0 Å². The van der Waals surface area contributed by atoms with Crippen molar-refractivity contribution in [2.24, 2.45) is 0 Å². The maximum absolute atomic E-state index is 12.6. The fourth-order valence-corrected chi connectivity index (χ4v) is 2.95. The van der Waals surface area contributed by atoms with Crippen LogP contribution in [0.1, 0.15) is 47.2 Å². The number of aliphatic carboxylic acids is 1. The molecule has 1 N–H and O–H groups in total.